The van der Waals surface area contributed by atoms with E-state index >= 15 is 0 Å². The molecule has 112 valence electrons. The Morgan fingerprint density at radius 1 is 1.43 bits per heavy atom. The molecular weight excluding hydrogens is 295 g/mol. The number of carbonyl (C=O) groups is 1. The minimum absolute atomic E-state index is 0.181. The number of halogens is 1. The molecule has 21 heavy (non-hydrogen) atoms. The van der Waals surface area contributed by atoms with Crippen LogP contribution >= 0.6 is 11.8 Å². The Morgan fingerprint density at radius 3 is 2.81 bits per heavy atom. The lowest BCUT2D eigenvalue weighted by Crippen LogP contribution is -2.14. The monoisotopic (exact) mass is 310 g/mol. The third-order valence-electron chi connectivity index (χ3n) is 2.77. The topological polar surface area (TPSA) is 65.2 Å². The highest BCUT2D eigenvalue weighted by Crippen LogP contribution is 2.19. The van der Waals surface area contributed by atoms with Gasteiger partial charge in [0, 0.05) is 11.3 Å². The van der Waals surface area contributed by atoms with Crippen LogP contribution in [0.1, 0.15) is 12.8 Å². The maximum atomic E-state index is 12.8. The molecule has 0 unspecified atom stereocenters. The number of hydrogen-bond acceptors (Lipinski definition) is 6. The van der Waals surface area contributed by atoms with Gasteiger partial charge in [-0.15, -0.1) is 0 Å². The van der Waals surface area contributed by atoms with E-state index in [1.807, 2.05) is 0 Å². The number of benzene rings is 1. The number of aromatic nitrogens is 2. The molecule has 0 bridgehead atoms. The van der Waals surface area contributed by atoms with Crippen molar-refractivity contribution in [1.82, 2.24) is 10.1 Å². The van der Waals surface area contributed by atoms with E-state index in [2.05, 4.69) is 14.9 Å². The average molecular weight is 310 g/mol. The van der Waals surface area contributed by atoms with Crippen molar-refractivity contribution < 1.29 is 18.4 Å². The Morgan fingerprint density at radius 2 is 2.14 bits per heavy atom. The number of nitrogens with zero attached hydrogens (tertiary/aromatic N) is 2. The summed E-state index contributed by atoms with van der Waals surface area (Å²) < 4.78 is 22.6. The van der Waals surface area contributed by atoms with E-state index in [1.165, 1.54) is 31.0 Å². The van der Waals surface area contributed by atoms with Crippen LogP contribution < -0.4 is 0 Å². The molecule has 0 aliphatic heterocycles. The van der Waals surface area contributed by atoms with Gasteiger partial charge in [0.1, 0.15) is 5.82 Å². The minimum atomic E-state index is -0.310. The Hall–Kier alpha value is -1.89. The molecule has 0 spiro atoms. The zero-order valence-corrected chi connectivity index (χ0v) is 12.5. The molecule has 1 aromatic heterocycles. The lowest BCUT2D eigenvalue weighted by atomic mass is 10.2. The Labute approximate surface area is 125 Å². The maximum absolute atomic E-state index is 12.8. The van der Waals surface area contributed by atoms with Crippen LogP contribution in [0.5, 0.6) is 0 Å². The predicted octanol–water partition coefficient (Wildman–Crippen LogP) is 2.92. The third kappa shape index (κ3) is 4.29. The van der Waals surface area contributed by atoms with E-state index in [4.69, 9.17) is 4.52 Å². The van der Waals surface area contributed by atoms with Crippen LogP contribution in [0.25, 0.3) is 11.4 Å². The van der Waals surface area contributed by atoms with E-state index in [9.17, 15) is 9.18 Å². The van der Waals surface area contributed by atoms with Gasteiger partial charge < -0.3 is 9.26 Å². The van der Waals surface area contributed by atoms with Crippen molar-refractivity contribution in [3.05, 3.63) is 36.0 Å². The summed E-state index contributed by atoms with van der Waals surface area (Å²) in [7, 11) is 1.37. The standard InChI is InChI=1S/C14H15FN2O3S/c1-9(14(18)19-2)7-21-8-12-16-13(17-20-12)10-3-5-11(15)6-4-10/h3-6,9H,7-8H2,1-2H3/t9-/m1/s1. The van der Waals surface area contributed by atoms with Crippen LogP contribution in [-0.4, -0.2) is 29.0 Å². The second-order valence-electron chi connectivity index (χ2n) is 4.46. The summed E-state index contributed by atoms with van der Waals surface area (Å²) in [6, 6.07) is 5.88. The predicted molar refractivity (Wildman–Crippen MR) is 77.0 cm³/mol. The van der Waals surface area contributed by atoms with Crippen LogP contribution in [0.3, 0.4) is 0 Å². The Bertz CT molecular complexity index is 601. The number of carbonyl (C=O) groups excluding carboxylic acids is 1. The molecule has 1 heterocycles. The third-order valence-corrected chi connectivity index (χ3v) is 3.95. The van der Waals surface area contributed by atoms with Crippen molar-refractivity contribution in [3.63, 3.8) is 0 Å². The molecule has 0 N–H and O–H groups in total. The van der Waals surface area contributed by atoms with Crippen molar-refractivity contribution in [3.8, 4) is 11.4 Å². The van der Waals surface area contributed by atoms with E-state index in [1.54, 1.807) is 19.1 Å². The first kappa shape index (κ1) is 15.5. The smallest absolute Gasteiger partial charge is 0.309 e. The van der Waals surface area contributed by atoms with Gasteiger partial charge in [0.25, 0.3) is 0 Å². The van der Waals surface area contributed by atoms with Crippen molar-refractivity contribution in [2.45, 2.75) is 12.7 Å². The van der Waals surface area contributed by atoms with Gasteiger partial charge in [-0.1, -0.05) is 12.1 Å². The fourth-order valence-corrected chi connectivity index (χ4v) is 2.52. The molecule has 5 nitrogen and oxygen atoms in total. The molecule has 2 rings (SSSR count). The van der Waals surface area contributed by atoms with Gasteiger partial charge >= 0.3 is 5.97 Å². The average Bonchev–Trinajstić information content (AvgIpc) is 2.95. The number of methoxy groups -OCH3 is 1. The van der Waals surface area contributed by atoms with Gasteiger partial charge in [0.15, 0.2) is 0 Å². The highest BCUT2D eigenvalue weighted by molar-refractivity contribution is 7.98. The molecular formula is C14H15FN2O3S. The van der Waals surface area contributed by atoms with Gasteiger partial charge in [-0.05, 0) is 24.3 Å². The second kappa shape index (κ2) is 7.21. The summed E-state index contributed by atoms with van der Waals surface area (Å²) in [6.45, 7) is 1.80. The van der Waals surface area contributed by atoms with E-state index in [0.717, 1.165) is 0 Å². The molecule has 0 amide bonds. The highest BCUT2D eigenvalue weighted by atomic mass is 32.2. The van der Waals surface area contributed by atoms with Gasteiger partial charge in [-0.2, -0.15) is 16.7 Å². The first-order valence-electron chi connectivity index (χ1n) is 6.34. The summed E-state index contributed by atoms with van der Waals surface area (Å²) in [5, 5.41) is 3.85. The summed E-state index contributed by atoms with van der Waals surface area (Å²) in [4.78, 5) is 15.5. The SMILES string of the molecule is COC(=O)[C@H](C)CSCc1nc(-c2ccc(F)cc2)no1. The summed E-state index contributed by atoms with van der Waals surface area (Å²) >= 11 is 1.51. The van der Waals surface area contributed by atoms with Crippen LogP contribution in [0.15, 0.2) is 28.8 Å². The summed E-state index contributed by atoms with van der Waals surface area (Å²) in [5.41, 5.74) is 0.694. The van der Waals surface area contributed by atoms with E-state index < -0.39 is 0 Å². The van der Waals surface area contributed by atoms with Gasteiger partial charge in [-0.3, -0.25) is 4.79 Å². The largest absolute Gasteiger partial charge is 0.469 e. The molecule has 0 saturated carbocycles. The Balaban J connectivity index is 1.89. The van der Waals surface area contributed by atoms with Gasteiger partial charge in [0.05, 0.1) is 18.8 Å². The number of hydrogen-bond donors (Lipinski definition) is 0. The lowest BCUT2D eigenvalue weighted by Gasteiger charge is -2.06. The van der Waals surface area contributed by atoms with Crippen LogP contribution in [-0.2, 0) is 15.3 Å². The molecule has 0 aliphatic rings. The van der Waals surface area contributed by atoms with E-state index in [-0.39, 0.29) is 17.7 Å². The number of thioether (sulfide) groups is 1. The van der Waals surface area contributed by atoms with Crippen molar-refractivity contribution in [2.75, 3.05) is 12.9 Å². The van der Waals surface area contributed by atoms with Crippen molar-refractivity contribution in [1.29, 1.82) is 0 Å². The minimum Gasteiger partial charge on any atom is -0.469 e. The fraction of sp³-hybridized carbons (Fsp3) is 0.357. The molecule has 1 aromatic carbocycles. The van der Waals surface area contributed by atoms with Crippen LogP contribution in [0.4, 0.5) is 4.39 Å². The normalized spacial score (nSPS) is 12.1. The van der Waals surface area contributed by atoms with Gasteiger partial charge in [0.2, 0.25) is 11.7 Å². The molecule has 0 saturated heterocycles. The molecule has 2 aromatic rings. The second-order valence-corrected chi connectivity index (χ2v) is 5.49. The zero-order valence-electron chi connectivity index (χ0n) is 11.7. The quantitative estimate of drug-likeness (QED) is 0.764. The van der Waals surface area contributed by atoms with E-state index in [0.29, 0.717) is 28.8 Å². The highest BCUT2D eigenvalue weighted by Gasteiger charge is 2.14. The molecule has 0 radical (unpaired) electrons. The summed E-state index contributed by atoms with van der Waals surface area (Å²) in [6.07, 6.45) is 0. The number of rotatable bonds is 6. The van der Waals surface area contributed by atoms with Crippen LogP contribution in [0.2, 0.25) is 0 Å². The van der Waals surface area contributed by atoms with Gasteiger partial charge in [-0.25, -0.2) is 4.39 Å². The maximum Gasteiger partial charge on any atom is 0.309 e. The summed E-state index contributed by atoms with van der Waals surface area (Å²) in [5.74, 6) is 1.29. The van der Waals surface area contributed by atoms with Crippen molar-refractivity contribution >= 4 is 17.7 Å². The zero-order chi connectivity index (χ0) is 15.2. The first-order valence-corrected chi connectivity index (χ1v) is 7.49. The lowest BCUT2D eigenvalue weighted by molar-refractivity contribution is -0.143. The molecule has 1 atom stereocenters. The Kier molecular flexibility index (Phi) is 5.32. The first-order chi connectivity index (χ1) is 10.1. The molecule has 0 fully saturated rings. The fourth-order valence-electron chi connectivity index (χ4n) is 1.62. The number of esters is 1. The number of ether oxygens (including phenoxy) is 1. The van der Waals surface area contributed by atoms with Crippen molar-refractivity contribution in [2.24, 2.45) is 5.92 Å². The molecule has 7 heteroatoms. The molecule has 0 aliphatic carbocycles. The van der Waals surface area contributed by atoms with Crippen LogP contribution in [0, 0.1) is 11.7 Å².